The van der Waals surface area contributed by atoms with Crippen molar-refractivity contribution in [1.82, 2.24) is 15.0 Å². The van der Waals surface area contributed by atoms with E-state index in [-0.39, 0.29) is 5.41 Å². The van der Waals surface area contributed by atoms with Gasteiger partial charge in [-0.2, -0.15) is 0 Å². The second kappa shape index (κ2) is 14.1. The molecule has 7 aromatic rings. The van der Waals surface area contributed by atoms with Crippen LogP contribution in [0.3, 0.4) is 0 Å². The summed E-state index contributed by atoms with van der Waals surface area (Å²) < 4.78 is 0. The van der Waals surface area contributed by atoms with Crippen LogP contribution in [-0.2, 0) is 11.8 Å². The first-order valence-corrected chi connectivity index (χ1v) is 20.0. The van der Waals surface area contributed by atoms with E-state index in [1.165, 1.54) is 66.8 Å². The Balaban J connectivity index is 1.18. The summed E-state index contributed by atoms with van der Waals surface area (Å²) in [6.45, 7) is 6.77. The molecule has 1 heterocycles. The Morgan fingerprint density at radius 2 is 1.26 bits per heavy atom. The number of hydrogen-bond acceptors (Lipinski definition) is 3. The summed E-state index contributed by atoms with van der Waals surface area (Å²) in [7, 11) is 0. The Morgan fingerprint density at radius 3 is 2.09 bits per heavy atom. The molecule has 1 aromatic heterocycles. The fraction of sp³-hybridized carbons (Fsp3) is 0.130. The average Bonchev–Trinajstić information content (AvgIpc) is 3.76. The van der Waals surface area contributed by atoms with Crippen LogP contribution in [0.15, 0.2) is 170 Å². The largest absolute Gasteiger partial charge is 0.208 e. The zero-order valence-corrected chi connectivity index (χ0v) is 32.6. The second-order valence-corrected chi connectivity index (χ2v) is 15.9. The molecule has 1 atom stereocenters. The lowest BCUT2D eigenvalue weighted by Crippen LogP contribution is -2.14. The fourth-order valence-corrected chi connectivity index (χ4v) is 9.11. The molecule has 3 heteroatoms. The summed E-state index contributed by atoms with van der Waals surface area (Å²) in [5.74, 6) is 2.33. The topological polar surface area (TPSA) is 38.7 Å². The summed E-state index contributed by atoms with van der Waals surface area (Å²) in [6.07, 6.45) is 19.1. The third kappa shape index (κ3) is 6.11. The molecule has 0 saturated heterocycles. The van der Waals surface area contributed by atoms with E-state index in [4.69, 9.17) is 15.0 Å². The molecule has 6 aromatic carbocycles. The molecule has 0 bridgehead atoms. The predicted molar refractivity (Wildman–Crippen MR) is 237 cm³/mol. The minimum absolute atomic E-state index is 0.109. The lowest BCUT2D eigenvalue weighted by molar-refractivity contribution is 0.660. The standard InChI is InChI=1S/C54H43N3/c1-4-5-8-19-36-22-16-26-42-46(36)34-48-45(39-28-29-44-43-25-13-14-27-49(43)54(2,3)50(44)33-39)31-41(32-47(42)48)53-56-51(37-20-11-7-12-21-37)55-52(57-53)40-24-15-23-38(30-40)35-17-9-6-10-18-35/h4-17,19-33,35H,18,34H2,1-3H3/b5-4-,19-8-. The van der Waals surface area contributed by atoms with Gasteiger partial charge in [0.2, 0.25) is 0 Å². The first-order chi connectivity index (χ1) is 28.0. The first kappa shape index (κ1) is 34.8. The molecule has 3 nitrogen and oxygen atoms in total. The van der Waals surface area contributed by atoms with Crippen LogP contribution in [0.2, 0.25) is 0 Å². The van der Waals surface area contributed by atoms with Crippen molar-refractivity contribution < 1.29 is 0 Å². The summed E-state index contributed by atoms with van der Waals surface area (Å²) in [6, 6.07) is 46.3. The highest BCUT2D eigenvalue weighted by Gasteiger charge is 2.36. The van der Waals surface area contributed by atoms with Crippen molar-refractivity contribution in [2.75, 3.05) is 0 Å². The predicted octanol–water partition coefficient (Wildman–Crippen LogP) is 13.6. The molecule has 0 spiro atoms. The quantitative estimate of drug-likeness (QED) is 0.153. The van der Waals surface area contributed by atoms with Gasteiger partial charge in [0, 0.05) is 28.0 Å². The van der Waals surface area contributed by atoms with E-state index in [0.717, 1.165) is 29.5 Å². The Labute approximate surface area is 335 Å². The van der Waals surface area contributed by atoms with Gasteiger partial charge in [-0.15, -0.1) is 0 Å². The molecular weight excluding hydrogens is 691 g/mol. The van der Waals surface area contributed by atoms with Gasteiger partial charge in [-0.05, 0) is 111 Å². The van der Waals surface area contributed by atoms with E-state index >= 15 is 0 Å². The Kier molecular flexibility index (Phi) is 8.60. The average molecular weight is 734 g/mol. The molecule has 0 radical (unpaired) electrons. The number of nitrogens with zero attached hydrogens (tertiary/aromatic N) is 3. The molecule has 0 aliphatic heterocycles. The van der Waals surface area contributed by atoms with E-state index in [2.05, 4.69) is 179 Å². The first-order valence-electron chi connectivity index (χ1n) is 20.0. The third-order valence-corrected chi connectivity index (χ3v) is 12.1. The van der Waals surface area contributed by atoms with E-state index in [1.807, 2.05) is 18.2 Å². The van der Waals surface area contributed by atoms with Crippen molar-refractivity contribution in [3.05, 3.63) is 203 Å². The summed E-state index contributed by atoms with van der Waals surface area (Å²) in [4.78, 5) is 15.7. The maximum Gasteiger partial charge on any atom is 0.164 e. The van der Waals surface area contributed by atoms with Crippen LogP contribution in [0.1, 0.15) is 66.5 Å². The van der Waals surface area contributed by atoms with E-state index in [9.17, 15) is 0 Å². The molecule has 0 N–H and O–H groups in total. The SMILES string of the molecule is C/C=C\C=C/c1cccc2c1Cc1c(-c3ccc4c(c3)C(C)(C)c3ccccc3-4)cc(-c3nc(-c4ccccc4)nc(-c4cccc(C5C=CC=CC5)c4)n3)cc1-2. The highest BCUT2D eigenvalue weighted by atomic mass is 15.0. The number of fused-ring (bicyclic) bond motifs is 6. The number of rotatable bonds is 7. The lowest BCUT2D eigenvalue weighted by atomic mass is 9.81. The summed E-state index contributed by atoms with van der Waals surface area (Å²) in [5, 5.41) is 0. The monoisotopic (exact) mass is 733 g/mol. The van der Waals surface area contributed by atoms with Crippen LogP contribution >= 0.6 is 0 Å². The molecule has 0 fully saturated rings. The zero-order chi connectivity index (χ0) is 38.5. The van der Waals surface area contributed by atoms with Crippen LogP contribution in [0.5, 0.6) is 0 Å². The van der Waals surface area contributed by atoms with Crippen molar-refractivity contribution >= 4 is 6.08 Å². The second-order valence-electron chi connectivity index (χ2n) is 15.9. The van der Waals surface area contributed by atoms with Gasteiger partial charge in [-0.1, -0.05) is 166 Å². The van der Waals surface area contributed by atoms with Gasteiger partial charge in [0.05, 0.1) is 0 Å². The van der Waals surface area contributed by atoms with Gasteiger partial charge < -0.3 is 0 Å². The normalized spacial score (nSPS) is 15.9. The van der Waals surface area contributed by atoms with E-state index < -0.39 is 0 Å². The van der Waals surface area contributed by atoms with Crippen molar-refractivity contribution in [2.24, 2.45) is 0 Å². The maximum atomic E-state index is 5.30. The molecule has 1 unspecified atom stereocenters. The van der Waals surface area contributed by atoms with Gasteiger partial charge in [0.1, 0.15) is 0 Å². The molecule has 57 heavy (non-hydrogen) atoms. The minimum Gasteiger partial charge on any atom is -0.208 e. The highest BCUT2D eigenvalue weighted by molar-refractivity contribution is 5.92. The third-order valence-electron chi connectivity index (χ3n) is 12.1. The van der Waals surface area contributed by atoms with Gasteiger partial charge in [-0.25, -0.2) is 15.0 Å². The Hall–Kier alpha value is -6.71. The van der Waals surface area contributed by atoms with Crippen molar-refractivity contribution in [2.45, 2.75) is 44.9 Å². The van der Waals surface area contributed by atoms with Crippen molar-refractivity contribution in [3.63, 3.8) is 0 Å². The van der Waals surface area contributed by atoms with Crippen LogP contribution in [0, 0.1) is 0 Å². The zero-order valence-electron chi connectivity index (χ0n) is 32.6. The summed E-state index contributed by atoms with van der Waals surface area (Å²) in [5.41, 5.74) is 18.4. The van der Waals surface area contributed by atoms with Crippen LogP contribution in [0.4, 0.5) is 0 Å². The molecule has 3 aliphatic carbocycles. The molecular formula is C54H43N3. The lowest BCUT2D eigenvalue weighted by Gasteiger charge is -2.22. The van der Waals surface area contributed by atoms with Gasteiger partial charge in [-0.3, -0.25) is 0 Å². The van der Waals surface area contributed by atoms with Crippen LogP contribution in [0.25, 0.3) is 73.6 Å². The number of hydrogen-bond donors (Lipinski definition) is 0. The molecule has 3 aliphatic rings. The molecule has 274 valence electrons. The fourth-order valence-electron chi connectivity index (χ4n) is 9.11. The molecule has 10 rings (SSSR count). The minimum atomic E-state index is -0.109. The van der Waals surface area contributed by atoms with Gasteiger partial charge in [0.25, 0.3) is 0 Å². The van der Waals surface area contributed by atoms with Crippen molar-refractivity contribution in [3.8, 4) is 67.5 Å². The van der Waals surface area contributed by atoms with Gasteiger partial charge in [0.15, 0.2) is 17.5 Å². The van der Waals surface area contributed by atoms with Crippen LogP contribution in [-0.4, -0.2) is 15.0 Å². The Morgan fingerprint density at radius 1 is 0.544 bits per heavy atom. The maximum absolute atomic E-state index is 5.30. The molecule has 0 amide bonds. The van der Waals surface area contributed by atoms with E-state index in [1.54, 1.807) is 0 Å². The summed E-state index contributed by atoms with van der Waals surface area (Å²) >= 11 is 0. The molecule has 0 saturated carbocycles. The van der Waals surface area contributed by atoms with E-state index in [0.29, 0.717) is 23.4 Å². The highest BCUT2D eigenvalue weighted by Crippen LogP contribution is 2.51. The van der Waals surface area contributed by atoms with Crippen molar-refractivity contribution in [1.29, 1.82) is 0 Å². The van der Waals surface area contributed by atoms with Gasteiger partial charge >= 0.3 is 0 Å². The number of benzene rings is 6. The number of aromatic nitrogens is 3. The Bertz CT molecular complexity index is 2830. The van der Waals surface area contributed by atoms with Crippen LogP contribution < -0.4 is 0 Å². The smallest absolute Gasteiger partial charge is 0.164 e. The number of allylic oxidation sites excluding steroid dienone is 7.